The van der Waals surface area contributed by atoms with Gasteiger partial charge in [-0.1, -0.05) is 19.6 Å². The monoisotopic (exact) mass is 152 g/mol. The summed E-state index contributed by atoms with van der Waals surface area (Å²) in [6.45, 7) is 8.65. The van der Waals surface area contributed by atoms with E-state index in [9.17, 15) is 0 Å². The molecule has 1 N–H and O–H groups in total. The lowest BCUT2D eigenvalue weighted by Crippen LogP contribution is -2.07. The van der Waals surface area contributed by atoms with Crippen LogP contribution in [0.3, 0.4) is 0 Å². The molecule has 0 aliphatic carbocycles. The van der Waals surface area contributed by atoms with Crippen LogP contribution >= 0.6 is 0 Å². The van der Waals surface area contributed by atoms with Gasteiger partial charge in [0.1, 0.15) is 0 Å². The smallest absolute Gasteiger partial charge is 0.0867 e. The van der Waals surface area contributed by atoms with Gasteiger partial charge in [0.15, 0.2) is 0 Å². The highest BCUT2D eigenvalue weighted by Gasteiger charge is 1.79. The fraction of sp³-hybridized carbons (Fsp3) is 0.444. The van der Waals surface area contributed by atoms with Crippen LogP contribution < -0.4 is 5.32 Å². The molecule has 0 saturated heterocycles. The first-order chi connectivity index (χ1) is 5.31. The van der Waals surface area contributed by atoms with Crippen LogP contribution in [0.2, 0.25) is 0 Å². The Morgan fingerprint density at radius 1 is 1.55 bits per heavy atom. The van der Waals surface area contributed by atoms with E-state index < -0.39 is 0 Å². The van der Waals surface area contributed by atoms with E-state index in [1.165, 1.54) is 0 Å². The zero-order valence-electron chi connectivity index (χ0n) is 7.30. The van der Waals surface area contributed by atoms with Gasteiger partial charge in [-0.15, -0.1) is 0 Å². The van der Waals surface area contributed by atoms with Crippen LogP contribution in [0.4, 0.5) is 0 Å². The maximum absolute atomic E-state index is 3.99. The summed E-state index contributed by atoms with van der Waals surface area (Å²) < 4.78 is 0. The highest BCUT2D eigenvalue weighted by Crippen LogP contribution is 1.87. The molecule has 0 heterocycles. The van der Waals surface area contributed by atoms with E-state index in [2.05, 4.69) is 29.9 Å². The quantitative estimate of drug-likeness (QED) is 0.364. The summed E-state index contributed by atoms with van der Waals surface area (Å²) in [5.74, 6) is 0. The summed E-state index contributed by atoms with van der Waals surface area (Å²) in [5.41, 5.74) is 0.879. The van der Waals surface area contributed by atoms with E-state index in [0.717, 1.165) is 18.7 Å². The van der Waals surface area contributed by atoms with Crippen molar-refractivity contribution in [1.29, 1.82) is 0 Å². The third kappa shape index (κ3) is 6.84. The molecule has 0 aromatic heterocycles. The molecule has 11 heavy (non-hydrogen) atoms. The first-order valence-corrected chi connectivity index (χ1v) is 3.91. The van der Waals surface area contributed by atoms with Gasteiger partial charge in [0.2, 0.25) is 0 Å². The molecule has 0 rings (SSSR count). The second kappa shape index (κ2) is 7.06. The van der Waals surface area contributed by atoms with E-state index in [1.54, 1.807) is 6.34 Å². The second-order valence-electron chi connectivity index (χ2n) is 2.11. The molecule has 0 radical (unpaired) electrons. The molecule has 0 unspecified atom stereocenters. The van der Waals surface area contributed by atoms with Crippen molar-refractivity contribution in [2.24, 2.45) is 4.99 Å². The van der Waals surface area contributed by atoms with Crippen LogP contribution in [0.25, 0.3) is 0 Å². The molecule has 2 heteroatoms. The second-order valence-corrected chi connectivity index (χ2v) is 2.11. The SMILES string of the molecule is C=C(/C=C\CC)NC=NCC. The minimum atomic E-state index is 0.803. The number of hydrogen-bond donors (Lipinski definition) is 1. The molecule has 0 fully saturated rings. The Labute approximate surface area is 68.7 Å². The van der Waals surface area contributed by atoms with Gasteiger partial charge in [-0.05, 0) is 19.4 Å². The van der Waals surface area contributed by atoms with Crippen molar-refractivity contribution in [3.8, 4) is 0 Å². The summed E-state index contributed by atoms with van der Waals surface area (Å²) in [7, 11) is 0. The third-order valence-electron chi connectivity index (χ3n) is 1.08. The molecule has 2 nitrogen and oxygen atoms in total. The molecule has 0 bridgehead atoms. The minimum Gasteiger partial charge on any atom is -0.347 e. The lowest BCUT2D eigenvalue weighted by Gasteiger charge is -1.95. The van der Waals surface area contributed by atoms with Gasteiger partial charge < -0.3 is 5.32 Å². The van der Waals surface area contributed by atoms with Gasteiger partial charge in [0, 0.05) is 12.2 Å². The highest BCUT2D eigenvalue weighted by atomic mass is 14.9. The fourth-order valence-electron chi connectivity index (χ4n) is 0.528. The Kier molecular flexibility index (Phi) is 6.39. The van der Waals surface area contributed by atoms with Crippen molar-refractivity contribution >= 4 is 6.34 Å². The van der Waals surface area contributed by atoms with Crippen LogP contribution in [0, 0.1) is 0 Å². The first-order valence-electron chi connectivity index (χ1n) is 3.91. The largest absolute Gasteiger partial charge is 0.347 e. The number of hydrogen-bond acceptors (Lipinski definition) is 1. The van der Waals surface area contributed by atoms with E-state index in [-0.39, 0.29) is 0 Å². The van der Waals surface area contributed by atoms with E-state index in [1.807, 2.05) is 13.0 Å². The van der Waals surface area contributed by atoms with Crippen molar-refractivity contribution in [2.75, 3.05) is 6.54 Å². The van der Waals surface area contributed by atoms with Crippen LogP contribution in [0.1, 0.15) is 20.3 Å². The molecule has 0 atom stereocenters. The molecule has 0 aromatic rings. The number of nitrogens with zero attached hydrogens (tertiary/aromatic N) is 1. The van der Waals surface area contributed by atoms with Crippen molar-refractivity contribution in [3.63, 3.8) is 0 Å². The molecular formula is C9H16N2. The predicted molar refractivity (Wildman–Crippen MR) is 50.7 cm³/mol. The van der Waals surface area contributed by atoms with Crippen LogP contribution in [0.15, 0.2) is 29.4 Å². The standard InChI is InChI=1S/C9H16N2/c1-4-6-7-9(3)11-8-10-5-2/h6-8H,3-5H2,1-2H3,(H,10,11)/b7-6-. The topological polar surface area (TPSA) is 24.4 Å². The number of rotatable bonds is 5. The van der Waals surface area contributed by atoms with Crippen LogP contribution in [-0.4, -0.2) is 12.9 Å². The zero-order valence-corrected chi connectivity index (χ0v) is 7.30. The Hall–Kier alpha value is -1.05. The number of allylic oxidation sites excluding steroid dienone is 2. The summed E-state index contributed by atoms with van der Waals surface area (Å²) in [6, 6.07) is 0. The molecule has 0 amide bonds. The summed E-state index contributed by atoms with van der Waals surface area (Å²) in [4.78, 5) is 3.99. The van der Waals surface area contributed by atoms with Crippen molar-refractivity contribution in [1.82, 2.24) is 5.32 Å². The van der Waals surface area contributed by atoms with Gasteiger partial charge in [0.05, 0.1) is 6.34 Å². The Bertz CT molecular complexity index is 157. The van der Waals surface area contributed by atoms with Crippen molar-refractivity contribution in [3.05, 3.63) is 24.4 Å². The molecule has 0 aliphatic rings. The van der Waals surface area contributed by atoms with Gasteiger partial charge in [-0.3, -0.25) is 4.99 Å². The molecule has 62 valence electrons. The third-order valence-corrected chi connectivity index (χ3v) is 1.08. The minimum absolute atomic E-state index is 0.803. The normalized spacial score (nSPS) is 11.1. The maximum atomic E-state index is 3.99. The van der Waals surface area contributed by atoms with Crippen molar-refractivity contribution in [2.45, 2.75) is 20.3 Å². The average Bonchev–Trinajstić information content (AvgIpc) is 2.01. The number of aliphatic imine (C=N–C) groups is 1. The van der Waals surface area contributed by atoms with Gasteiger partial charge in [-0.2, -0.15) is 0 Å². The van der Waals surface area contributed by atoms with E-state index in [0.29, 0.717) is 0 Å². The lowest BCUT2D eigenvalue weighted by molar-refractivity contribution is 1.10. The van der Waals surface area contributed by atoms with Crippen LogP contribution in [0.5, 0.6) is 0 Å². The van der Waals surface area contributed by atoms with Gasteiger partial charge >= 0.3 is 0 Å². The van der Waals surface area contributed by atoms with Crippen LogP contribution in [-0.2, 0) is 0 Å². The van der Waals surface area contributed by atoms with Gasteiger partial charge in [-0.25, -0.2) is 0 Å². The molecule has 0 spiro atoms. The zero-order chi connectivity index (χ0) is 8.53. The molecular weight excluding hydrogens is 136 g/mol. The lowest BCUT2D eigenvalue weighted by atomic mass is 10.3. The maximum Gasteiger partial charge on any atom is 0.0867 e. The summed E-state index contributed by atoms with van der Waals surface area (Å²) in [5, 5.41) is 2.95. The molecule has 0 saturated carbocycles. The Morgan fingerprint density at radius 2 is 2.27 bits per heavy atom. The number of nitrogens with one attached hydrogen (secondary N) is 1. The Balaban J connectivity index is 3.53. The van der Waals surface area contributed by atoms with E-state index >= 15 is 0 Å². The van der Waals surface area contributed by atoms with E-state index in [4.69, 9.17) is 0 Å². The molecule has 0 aromatic carbocycles. The fourth-order valence-corrected chi connectivity index (χ4v) is 0.528. The first kappa shape index (κ1) is 9.95. The summed E-state index contributed by atoms with van der Waals surface area (Å²) >= 11 is 0. The Morgan fingerprint density at radius 3 is 2.82 bits per heavy atom. The van der Waals surface area contributed by atoms with Gasteiger partial charge in [0.25, 0.3) is 0 Å². The predicted octanol–water partition coefficient (Wildman–Crippen LogP) is 2.10. The molecule has 0 aliphatic heterocycles. The average molecular weight is 152 g/mol. The highest BCUT2D eigenvalue weighted by molar-refractivity contribution is 5.58. The summed E-state index contributed by atoms with van der Waals surface area (Å²) in [6.07, 6.45) is 6.70. The van der Waals surface area contributed by atoms with Crippen molar-refractivity contribution < 1.29 is 0 Å².